The number of nitrogens with one attached hydrogen (secondary N) is 1. The Balaban J connectivity index is 1.31. The van der Waals surface area contributed by atoms with Crippen molar-refractivity contribution >= 4 is 102 Å². The van der Waals surface area contributed by atoms with Crippen molar-refractivity contribution in [2.24, 2.45) is 0 Å². The first-order chi connectivity index (χ1) is 31.8. The number of fused-ring (bicyclic) bond motifs is 4. The third-order valence-corrected chi connectivity index (χ3v) is 15.9. The van der Waals surface area contributed by atoms with Gasteiger partial charge in [-0.3, -0.25) is 9.11 Å². The maximum absolute atomic E-state index is 12.5. The molecule has 2 aliphatic heterocycles. The summed E-state index contributed by atoms with van der Waals surface area (Å²) in [5.41, 5.74) is 6.78. The molecule has 0 aromatic heterocycles. The summed E-state index contributed by atoms with van der Waals surface area (Å²) in [4.78, 5) is 2.17. The minimum absolute atomic E-state index is 0.179. The Morgan fingerprint density at radius 2 is 1.51 bits per heavy atom. The molecular formula is C43H53ClN3O15S5+. The van der Waals surface area contributed by atoms with E-state index in [9.17, 15) is 25.9 Å². The molecule has 0 radical (unpaired) electrons. The fourth-order valence-electron chi connectivity index (χ4n) is 8.84. The normalized spacial score (nSPS) is 18.2. The van der Waals surface area contributed by atoms with Crippen LogP contribution in [0.1, 0.15) is 77.3 Å². The molecule has 0 atom stereocenters. The summed E-state index contributed by atoms with van der Waals surface area (Å²) in [6, 6.07) is 12.5. The third-order valence-electron chi connectivity index (χ3n) is 11.9. The summed E-state index contributed by atoms with van der Waals surface area (Å²) in [6.45, 7) is 9.83. The van der Waals surface area contributed by atoms with Gasteiger partial charge in [0.05, 0.1) is 23.2 Å². The molecule has 6 rings (SSSR count). The second kappa shape index (κ2) is 23.2. The third kappa shape index (κ3) is 13.0. The van der Waals surface area contributed by atoms with Gasteiger partial charge in [0, 0.05) is 111 Å². The number of allylic oxidation sites excluding steroid dienone is 8. The van der Waals surface area contributed by atoms with E-state index in [1.165, 1.54) is 6.07 Å². The second-order valence-electron chi connectivity index (χ2n) is 16.9. The lowest BCUT2D eigenvalue weighted by atomic mass is 9.80. The number of rotatable bonds is 24. The highest BCUT2D eigenvalue weighted by Crippen LogP contribution is 2.49. The van der Waals surface area contributed by atoms with Gasteiger partial charge in [-0.15, -0.1) is 13.0 Å². The Labute approximate surface area is 407 Å². The van der Waals surface area contributed by atoms with E-state index >= 15 is 0 Å². The zero-order valence-corrected chi connectivity index (χ0v) is 41.8. The van der Waals surface area contributed by atoms with Gasteiger partial charge in [-0.1, -0.05) is 58.8 Å². The number of halogens is 1. The monoisotopic (exact) mass is 1050 g/mol. The maximum Gasteiger partial charge on any atom is 0.295 e. The van der Waals surface area contributed by atoms with E-state index in [1.54, 1.807) is 18.2 Å². The van der Waals surface area contributed by atoms with Crippen molar-refractivity contribution in [1.29, 1.82) is 0 Å². The Hall–Kier alpha value is -3.05. The molecule has 0 amide bonds. The molecule has 0 bridgehead atoms. The van der Waals surface area contributed by atoms with Gasteiger partial charge in [-0.05, 0) is 104 Å². The number of hydrogen-bond acceptors (Lipinski definition) is 18. The number of nitrogens with zero attached hydrogens (tertiary/aromatic N) is 2. The van der Waals surface area contributed by atoms with Crippen LogP contribution in [-0.4, -0.2) is 88.9 Å². The fraction of sp³-hybridized carbons (Fsp3) is 0.419. The summed E-state index contributed by atoms with van der Waals surface area (Å²) in [5.74, 6) is 0.692. The fourth-order valence-corrected chi connectivity index (χ4v) is 11.6. The lowest BCUT2D eigenvalue weighted by molar-refractivity contribution is -0.437. The van der Waals surface area contributed by atoms with Crippen LogP contribution in [0.15, 0.2) is 98.4 Å². The lowest BCUT2D eigenvalue weighted by Crippen LogP contribution is -2.29. The van der Waals surface area contributed by atoms with Gasteiger partial charge in [0.1, 0.15) is 11.4 Å². The molecule has 3 aromatic carbocycles. The van der Waals surface area contributed by atoms with E-state index < -0.39 is 36.8 Å². The maximum atomic E-state index is 12.5. The van der Waals surface area contributed by atoms with E-state index in [4.69, 9.17) is 27.4 Å². The van der Waals surface area contributed by atoms with Gasteiger partial charge >= 0.3 is 0 Å². The van der Waals surface area contributed by atoms with Gasteiger partial charge in [0.25, 0.3) is 20.2 Å². The van der Waals surface area contributed by atoms with Crippen LogP contribution in [0.4, 0.5) is 17.1 Å². The first-order valence-corrected chi connectivity index (χ1v) is 27.0. The molecule has 2 heterocycles. The number of hydrogen-bond donors (Lipinski definition) is 6. The molecule has 0 unspecified atom stereocenters. The van der Waals surface area contributed by atoms with Gasteiger partial charge in [0.2, 0.25) is 5.69 Å². The Kier molecular flexibility index (Phi) is 18.5. The second-order valence-corrected chi connectivity index (χ2v) is 22.6. The van der Waals surface area contributed by atoms with Crippen LogP contribution in [-0.2, 0) is 59.2 Å². The Morgan fingerprint density at radius 3 is 2.15 bits per heavy atom. The minimum atomic E-state index is -4.64. The predicted octanol–water partition coefficient (Wildman–Crippen LogP) is 10.3. The molecule has 18 nitrogen and oxygen atoms in total. The Morgan fingerprint density at radius 1 is 0.821 bits per heavy atom. The molecule has 3 aromatic rings. The van der Waals surface area contributed by atoms with Gasteiger partial charge in [-0.2, -0.15) is 21.4 Å². The van der Waals surface area contributed by atoms with Crippen LogP contribution in [0.5, 0.6) is 0 Å². The predicted molar refractivity (Wildman–Crippen MR) is 259 cm³/mol. The standard InChI is InChI=1S/C43H52ClN3O15S5/c1-42(2)34-25-30(46(19-6-22-63-60-57-48)20-7-23-64-61-58-49)13-16-36(34)47(21-8-24-66(51,52)53)39(42)18-12-29-10-5-9-28(41(29)44)11-17-38-43(3,4)40-33-26-31(65-62-59-50)27-37(67(54,55)56)32(33)14-15-35(40)45-38/h11-18,25-27H,5-10,19-24H2,1-4H3,(H5,48,49,50,51,52,53,54,55,56)/p+1. The zero-order chi connectivity index (χ0) is 48.6. The molecule has 67 heavy (non-hydrogen) atoms. The summed E-state index contributed by atoms with van der Waals surface area (Å²) >= 11 is 9.75. The highest BCUT2D eigenvalue weighted by atomic mass is 35.5. The van der Waals surface area contributed by atoms with Crippen molar-refractivity contribution in [1.82, 2.24) is 0 Å². The molecule has 0 saturated carbocycles. The molecular weight excluding hydrogens is 994 g/mol. The summed E-state index contributed by atoms with van der Waals surface area (Å²) in [7, 11) is -8.84. The highest BCUT2D eigenvalue weighted by Gasteiger charge is 2.45. The topological polar surface area (TPSA) is 243 Å². The summed E-state index contributed by atoms with van der Waals surface area (Å²) in [5, 5.41) is 41.9. The average molecular weight is 1050 g/mol. The van der Waals surface area contributed by atoms with Crippen LogP contribution in [0.2, 0.25) is 0 Å². The average Bonchev–Trinajstić information content (AvgIpc) is 3.66. The highest BCUT2D eigenvalue weighted by molar-refractivity contribution is 7.95. The van der Waals surface area contributed by atoms with Gasteiger partial charge in [-0.25, -0.2) is 15.8 Å². The summed E-state index contributed by atoms with van der Waals surface area (Å²) in [6.07, 6.45) is 11.9. The van der Waals surface area contributed by atoms with E-state index in [-0.39, 0.29) is 16.2 Å². The van der Waals surface area contributed by atoms with E-state index in [1.807, 2.05) is 50.3 Å². The van der Waals surface area contributed by atoms with Crippen molar-refractivity contribution in [2.75, 3.05) is 47.1 Å². The van der Waals surface area contributed by atoms with Gasteiger partial charge in [0.15, 0.2) is 5.71 Å². The SMILES string of the molecule is CC1(C)C(/C=C/C2=C(Cl)C(=C/C=C3/Nc4ccc5c(S(=O)(=O)O)cc(SOOO)cc5c4C3(C)C)/CCC2)=[N+](CCCS(=O)(=O)O)c2ccc(N(CCCSOOO)CCCSOOO)cc21. The largest absolute Gasteiger partial charge is 0.371 e. The molecule has 0 fully saturated rings. The van der Waals surface area contributed by atoms with Crippen LogP contribution in [0, 0.1) is 0 Å². The van der Waals surface area contributed by atoms with E-state index in [2.05, 4.69) is 62.8 Å². The molecule has 0 saturated heterocycles. The minimum Gasteiger partial charge on any atom is -0.371 e. The summed E-state index contributed by atoms with van der Waals surface area (Å²) < 4.78 is 84.1. The van der Waals surface area contributed by atoms with Crippen LogP contribution in [0.25, 0.3) is 10.8 Å². The van der Waals surface area contributed by atoms with Crippen molar-refractivity contribution in [3.8, 4) is 0 Å². The molecule has 1 aliphatic carbocycles. The van der Waals surface area contributed by atoms with Crippen LogP contribution in [0.3, 0.4) is 0 Å². The molecule has 3 aliphatic rings. The first kappa shape index (κ1) is 53.3. The van der Waals surface area contributed by atoms with Crippen molar-refractivity contribution in [3.05, 3.63) is 99.8 Å². The quantitative estimate of drug-likeness (QED) is 0.0122. The van der Waals surface area contributed by atoms with Crippen molar-refractivity contribution < 1.29 is 74.4 Å². The molecule has 0 spiro atoms. The molecule has 24 heteroatoms. The lowest BCUT2D eigenvalue weighted by Gasteiger charge is -2.26. The smallest absolute Gasteiger partial charge is 0.295 e. The van der Waals surface area contributed by atoms with Gasteiger partial charge < -0.3 is 10.2 Å². The first-order valence-electron chi connectivity index (χ1n) is 21.0. The molecule has 6 N–H and O–H groups in total. The number of anilines is 2. The van der Waals surface area contributed by atoms with Crippen LogP contribution >= 0.6 is 47.7 Å². The number of benzene rings is 3. The van der Waals surface area contributed by atoms with Crippen LogP contribution < -0.4 is 10.2 Å². The zero-order valence-electron chi connectivity index (χ0n) is 37.0. The Bertz CT molecular complexity index is 2680. The van der Waals surface area contributed by atoms with Crippen molar-refractivity contribution in [3.63, 3.8) is 0 Å². The van der Waals surface area contributed by atoms with E-state index in [0.29, 0.717) is 71.8 Å². The molecule has 366 valence electrons. The van der Waals surface area contributed by atoms with E-state index in [0.717, 1.165) is 94.1 Å². The van der Waals surface area contributed by atoms with Crippen molar-refractivity contribution in [2.45, 2.75) is 86.8 Å².